The van der Waals surface area contributed by atoms with Crippen LogP contribution in [0.15, 0.2) is 0 Å². The number of hydrogen-bond acceptors (Lipinski definition) is 8. The second-order valence-corrected chi connectivity index (χ2v) is 5.48. The highest BCUT2D eigenvalue weighted by Gasteiger charge is 2.41. The highest BCUT2D eigenvalue weighted by Crippen LogP contribution is 2.42. The molecule has 114 valence electrons. The van der Waals surface area contributed by atoms with E-state index >= 15 is 0 Å². The summed E-state index contributed by atoms with van der Waals surface area (Å²) in [6.45, 7) is -0.833. The van der Waals surface area contributed by atoms with Crippen molar-refractivity contribution in [3.63, 3.8) is 0 Å². The van der Waals surface area contributed by atoms with Gasteiger partial charge in [0.25, 0.3) is 0 Å². The van der Waals surface area contributed by atoms with Crippen LogP contribution in [0.4, 0.5) is 0 Å². The first kappa shape index (κ1) is 18.4. The third kappa shape index (κ3) is 5.48. The molecule has 1 amide bonds. The lowest BCUT2D eigenvalue weighted by atomic mass is 10.0. The third-order valence-electron chi connectivity index (χ3n) is 2.24. The maximum absolute atomic E-state index is 10.6. The Labute approximate surface area is 107 Å². The maximum Gasteiger partial charge on any atom is 0.356 e. The van der Waals surface area contributed by atoms with Crippen molar-refractivity contribution in [2.75, 3.05) is 6.54 Å². The van der Waals surface area contributed by atoms with E-state index in [2.05, 4.69) is 0 Å². The van der Waals surface area contributed by atoms with Crippen LogP contribution in [-0.4, -0.2) is 88.8 Å². The largest absolute Gasteiger partial charge is 0.388 e. The predicted molar refractivity (Wildman–Crippen MR) is 56.6 cm³/mol. The van der Waals surface area contributed by atoms with Crippen LogP contribution in [0, 0.1) is 0 Å². The highest BCUT2D eigenvalue weighted by molar-refractivity contribution is 7.52. The van der Waals surface area contributed by atoms with Gasteiger partial charge in [-0.15, -0.1) is 0 Å². The third-order valence-corrected chi connectivity index (χ3v) is 3.23. The zero-order chi connectivity index (χ0) is 15.4. The molecule has 5 atom stereocenters. The minimum Gasteiger partial charge on any atom is -0.388 e. The molecule has 2 unspecified atom stereocenters. The maximum atomic E-state index is 10.6. The molecular formula is C7H16NO10P. The van der Waals surface area contributed by atoms with Gasteiger partial charge in [-0.25, -0.2) is 5.06 Å². The van der Waals surface area contributed by atoms with Crippen molar-refractivity contribution in [2.45, 2.75) is 30.3 Å². The number of carbonyl (C=O) groups excluding carboxylic acids is 1. The molecule has 0 aliphatic rings. The van der Waals surface area contributed by atoms with Crippen LogP contribution < -0.4 is 0 Å². The smallest absolute Gasteiger partial charge is 0.356 e. The molecule has 0 aliphatic heterocycles. The summed E-state index contributed by atoms with van der Waals surface area (Å²) < 4.78 is 10.6. The first-order chi connectivity index (χ1) is 8.52. The fourth-order valence-electron chi connectivity index (χ4n) is 1.15. The first-order valence-corrected chi connectivity index (χ1v) is 6.57. The lowest BCUT2D eigenvalue weighted by molar-refractivity contribution is -0.169. The second kappa shape index (κ2) is 7.24. The molecule has 0 aromatic carbocycles. The molecule has 0 rings (SSSR count). The zero-order valence-corrected chi connectivity index (χ0v) is 10.4. The Bertz CT molecular complexity index is 334. The van der Waals surface area contributed by atoms with Gasteiger partial charge in [0.2, 0.25) is 6.41 Å². The average Bonchev–Trinajstić information content (AvgIpc) is 2.33. The molecule has 0 aromatic rings. The van der Waals surface area contributed by atoms with Gasteiger partial charge in [0.05, 0.1) is 6.54 Å². The number of hydrogen-bond donors (Lipinski definition) is 8. The predicted octanol–water partition coefficient (Wildman–Crippen LogP) is -4.23. The van der Waals surface area contributed by atoms with Gasteiger partial charge in [-0.1, -0.05) is 0 Å². The topological polar surface area (TPSA) is 199 Å². The van der Waals surface area contributed by atoms with Crippen molar-refractivity contribution in [2.24, 2.45) is 0 Å². The Morgan fingerprint density at radius 1 is 1.00 bits per heavy atom. The number of nitrogens with zero attached hydrogens (tertiary/aromatic N) is 1. The molecule has 0 spiro atoms. The standard InChI is InChI=1S/C7H16NO10P/c9-2-8(15)1-3(10)4(11)5(12)6(13)7(14)19(16,17)18/h2-7,10-15H,1H2,(H2,16,17,18)/t3-,4-,5-,6?,7?/m0/s1. The van der Waals surface area contributed by atoms with Crippen LogP contribution in [0.25, 0.3) is 0 Å². The Hall–Kier alpha value is -0.620. The molecule has 0 fully saturated rings. The van der Waals surface area contributed by atoms with Crippen molar-refractivity contribution in [3.05, 3.63) is 0 Å². The molecule has 19 heavy (non-hydrogen) atoms. The van der Waals surface area contributed by atoms with E-state index in [9.17, 15) is 29.8 Å². The van der Waals surface area contributed by atoms with Gasteiger partial charge in [-0.2, -0.15) is 0 Å². The van der Waals surface area contributed by atoms with E-state index in [0.717, 1.165) is 0 Å². The quantitative estimate of drug-likeness (QED) is 0.0940. The molecule has 0 saturated carbocycles. The van der Waals surface area contributed by atoms with Crippen molar-refractivity contribution in [1.29, 1.82) is 0 Å². The second-order valence-electron chi connectivity index (χ2n) is 3.77. The Kier molecular flexibility index (Phi) is 7.00. The van der Waals surface area contributed by atoms with Gasteiger partial charge in [0.15, 0.2) is 5.85 Å². The summed E-state index contributed by atoms with van der Waals surface area (Å²) in [6, 6.07) is 0. The van der Waals surface area contributed by atoms with Gasteiger partial charge >= 0.3 is 7.60 Å². The monoisotopic (exact) mass is 305 g/mol. The summed E-state index contributed by atoms with van der Waals surface area (Å²) in [6.07, 6.45) is -8.98. The number of aliphatic hydroxyl groups is 5. The van der Waals surface area contributed by atoms with E-state index in [0.29, 0.717) is 0 Å². The molecule has 0 aliphatic carbocycles. The normalized spacial score (nSPS) is 20.2. The van der Waals surface area contributed by atoms with Gasteiger partial charge < -0.3 is 35.3 Å². The lowest BCUT2D eigenvalue weighted by Crippen LogP contribution is -2.51. The fraction of sp³-hybridized carbons (Fsp3) is 0.857. The van der Waals surface area contributed by atoms with Gasteiger partial charge in [-0.3, -0.25) is 14.6 Å². The van der Waals surface area contributed by atoms with E-state index in [1.54, 1.807) is 0 Å². The van der Waals surface area contributed by atoms with Crippen LogP contribution in [0.5, 0.6) is 0 Å². The van der Waals surface area contributed by atoms with Crippen molar-refractivity contribution in [1.82, 2.24) is 5.06 Å². The first-order valence-electron chi connectivity index (χ1n) is 4.88. The average molecular weight is 305 g/mol. The molecule has 0 heterocycles. The van der Waals surface area contributed by atoms with E-state index in [4.69, 9.17) is 20.1 Å². The number of amides is 1. The number of rotatable bonds is 8. The van der Waals surface area contributed by atoms with Crippen LogP contribution in [0.2, 0.25) is 0 Å². The summed E-state index contributed by atoms with van der Waals surface area (Å²) in [4.78, 5) is 27.2. The lowest BCUT2D eigenvalue weighted by Gasteiger charge is -2.29. The molecular weight excluding hydrogens is 289 g/mol. The SMILES string of the molecule is O=CN(O)C[C@H](O)[C@H](O)[C@H](O)C(O)C(O)P(=O)(O)O. The van der Waals surface area contributed by atoms with E-state index in [1.165, 1.54) is 0 Å². The van der Waals surface area contributed by atoms with Crippen LogP contribution in [0.1, 0.15) is 0 Å². The molecule has 0 saturated heterocycles. The highest BCUT2D eigenvalue weighted by atomic mass is 31.2. The summed E-state index contributed by atoms with van der Waals surface area (Å²) in [5, 5.41) is 54.8. The molecule has 0 bridgehead atoms. The van der Waals surface area contributed by atoms with Crippen molar-refractivity contribution < 1.29 is 49.9 Å². The Morgan fingerprint density at radius 3 is 1.84 bits per heavy atom. The molecule has 12 heteroatoms. The molecule has 11 nitrogen and oxygen atoms in total. The van der Waals surface area contributed by atoms with Crippen LogP contribution in [-0.2, 0) is 9.36 Å². The van der Waals surface area contributed by atoms with E-state index < -0.39 is 44.4 Å². The molecule has 0 aromatic heterocycles. The van der Waals surface area contributed by atoms with E-state index in [-0.39, 0.29) is 11.5 Å². The number of carbonyl (C=O) groups is 1. The Morgan fingerprint density at radius 2 is 1.47 bits per heavy atom. The minimum absolute atomic E-state index is 0.0631. The van der Waals surface area contributed by atoms with Crippen molar-refractivity contribution >= 4 is 14.0 Å². The summed E-state index contributed by atoms with van der Waals surface area (Å²) >= 11 is 0. The fourth-order valence-corrected chi connectivity index (χ4v) is 1.72. The summed E-state index contributed by atoms with van der Waals surface area (Å²) in [5.41, 5.74) is 0. The van der Waals surface area contributed by atoms with Crippen LogP contribution in [0.3, 0.4) is 0 Å². The molecule has 0 radical (unpaired) electrons. The summed E-state index contributed by atoms with van der Waals surface area (Å²) in [7, 11) is -5.13. The van der Waals surface area contributed by atoms with E-state index in [1.807, 2.05) is 0 Å². The van der Waals surface area contributed by atoms with Gasteiger partial charge in [0, 0.05) is 0 Å². The van der Waals surface area contributed by atoms with Gasteiger partial charge in [0.1, 0.15) is 24.4 Å². The van der Waals surface area contributed by atoms with Gasteiger partial charge in [-0.05, 0) is 0 Å². The minimum atomic E-state index is -5.13. The Balaban J connectivity index is 4.67. The zero-order valence-electron chi connectivity index (χ0n) is 9.46. The van der Waals surface area contributed by atoms with Crippen LogP contribution >= 0.6 is 7.60 Å². The number of aliphatic hydroxyl groups excluding tert-OH is 5. The molecule has 8 N–H and O–H groups in total. The van der Waals surface area contributed by atoms with Crippen molar-refractivity contribution in [3.8, 4) is 0 Å². The number of hydroxylamine groups is 2. The summed E-state index contributed by atoms with van der Waals surface area (Å²) in [5.74, 6) is -2.67.